The third-order valence-electron chi connectivity index (χ3n) is 4.30. The third kappa shape index (κ3) is 3.93. The topological polar surface area (TPSA) is 61.7 Å². The minimum absolute atomic E-state index is 0.349. The van der Waals surface area contributed by atoms with Crippen molar-refractivity contribution in [3.05, 3.63) is 107 Å². The van der Waals surface area contributed by atoms with E-state index in [1.807, 2.05) is 12.1 Å². The average molecular weight is 362 g/mol. The minimum atomic E-state index is -1.89. The first-order valence-corrected chi connectivity index (χ1v) is 8.46. The van der Waals surface area contributed by atoms with Crippen molar-refractivity contribution in [3.8, 4) is 0 Å². The molecule has 0 heterocycles. The summed E-state index contributed by atoms with van der Waals surface area (Å²) >= 11 is 0. The Morgan fingerprint density at radius 1 is 0.889 bits per heavy atom. The fourth-order valence-electron chi connectivity index (χ4n) is 2.76. The Kier molecular flexibility index (Phi) is 5.43. The van der Waals surface area contributed by atoms with E-state index in [2.05, 4.69) is 10.5 Å². The van der Waals surface area contributed by atoms with Crippen LogP contribution in [0.1, 0.15) is 23.6 Å². The Labute approximate surface area is 157 Å². The number of hydrogen-bond donors (Lipinski definition) is 2. The van der Waals surface area contributed by atoms with Gasteiger partial charge in [-0.2, -0.15) is 5.10 Å². The molecule has 0 unspecified atom stereocenters. The summed E-state index contributed by atoms with van der Waals surface area (Å²) in [5, 5.41) is 15.4. The first-order valence-electron chi connectivity index (χ1n) is 8.46. The molecule has 0 aromatic heterocycles. The predicted octanol–water partition coefficient (Wildman–Crippen LogP) is 3.60. The predicted molar refractivity (Wildman–Crippen MR) is 103 cm³/mol. The molecule has 1 amide bonds. The van der Waals surface area contributed by atoms with Crippen molar-refractivity contribution in [2.75, 3.05) is 0 Å². The highest BCUT2D eigenvalue weighted by Crippen LogP contribution is 2.29. The summed E-state index contributed by atoms with van der Waals surface area (Å²) in [6.45, 7) is 1.69. The average Bonchev–Trinajstić information content (AvgIpc) is 2.73. The molecule has 136 valence electrons. The highest BCUT2D eigenvalue weighted by molar-refractivity contribution is 6.00. The van der Waals surface area contributed by atoms with Gasteiger partial charge >= 0.3 is 0 Å². The maximum absolute atomic E-state index is 13.1. The van der Waals surface area contributed by atoms with Crippen LogP contribution in [-0.2, 0) is 10.4 Å². The van der Waals surface area contributed by atoms with Crippen LogP contribution in [0.2, 0.25) is 0 Å². The number of amides is 1. The van der Waals surface area contributed by atoms with Crippen LogP contribution >= 0.6 is 0 Å². The molecule has 2 N–H and O–H groups in total. The van der Waals surface area contributed by atoms with Gasteiger partial charge < -0.3 is 5.11 Å². The number of carbonyl (C=O) groups excluding carboxylic acids is 1. The summed E-state index contributed by atoms with van der Waals surface area (Å²) in [4.78, 5) is 12.9. The van der Waals surface area contributed by atoms with Crippen LogP contribution in [0.15, 0.2) is 90.0 Å². The summed E-state index contributed by atoms with van der Waals surface area (Å²) in [7, 11) is 0. The van der Waals surface area contributed by atoms with Crippen molar-refractivity contribution in [2.45, 2.75) is 12.5 Å². The molecule has 27 heavy (non-hydrogen) atoms. The number of nitrogens with zero attached hydrogens (tertiary/aromatic N) is 1. The van der Waals surface area contributed by atoms with E-state index in [0.29, 0.717) is 22.4 Å². The molecule has 0 bridgehead atoms. The SMILES string of the molecule is C/C(=N/NC(=O)C(O)(c1ccccc1)c1ccccc1)c1ccc(F)cc1. The number of aliphatic hydroxyl groups is 1. The molecule has 0 atom stereocenters. The lowest BCUT2D eigenvalue weighted by Gasteiger charge is -2.27. The second-order valence-corrected chi connectivity index (χ2v) is 6.09. The van der Waals surface area contributed by atoms with Crippen molar-refractivity contribution in [2.24, 2.45) is 5.10 Å². The van der Waals surface area contributed by atoms with Crippen LogP contribution < -0.4 is 5.43 Å². The van der Waals surface area contributed by atoms with Crippen molar-refractivity contribution in [1.82, 2.24) is 5.43 Å². The molecule has 3 aromatic carbocycles. The van der Waals surface area contributed by atoms with Gasteiger partial charge in [-0.15, -0.1) is 0 Å². The number of hydrogen-bond acceptors (Lipinski definition) is 3. The molecule has 3 aromatic rings. The maximum Gasteiger partial charge on any atom is 0.281 e. The summed E-state index contributed by atoms with van der Waals surface area (Å²) in [5.41, 5.74) is 2.57. The number of rotatable bonds is 5. The summed E-state index contributed by atoms with van der Waals surface area (Å²) in [5.74, 6) is -1.03. The molecule has 0 spiro atoms. The van der Waals surface area contributed by atoms with Crippen LogP contribution in [0, 0.1) is 5.82 Å². The molecule has 0 radical (unpaired) electrons. The second kappa shape index (κ2) is 7.93. The van der Waals surface area contributed by atoms with Crippen molar-refractivity contribution >= 4 is 11.6 Å². The van der Waals surface area contributed by atoms with E-state index in [1.54, 1.807) is 67.6 Å². The van der Waals surface area contributed by atoms with E-state index in [-0.39, 0.29) is 5.82 Å². The molecule has 0 fully saturated rings. The molecule has 0 saturated heterocycles. The van der Waals surface area contributed by atoms with Crippen molar-refractivity contribution < 1.29 is 14.3 Å². The van der Waals surface area contributed by atoms with Crippen LogP contribution in [0.4, 0.5) is 4.39 Å². The minimum Gasteiger partial charge on any atom is -0.372 e. The molecular formula is C22H19FN2O2. The van der Waals surface area contributed by atoms with Gasteiger partial charge in [0.25, 0.3) is 5.91 Å². The van der Waals surface area contributed by atoms with Gasteiger partial charge in [-0.3, -0.25) is 4.79 Å². The number of nitrogens with one attached hydrogen (secondary N) is 1. The van der Waals surface area contributed by atoms with Crippen molar-refractivity contribution in [3.63, 3.8) is 0 Å². The van der Waals surface area contributed by atoms with E-state index < -0.39 is 11.5 Å². The second-order valence-electron chi connectivity index (χ2n) is 6.09. The Hall–Kier alpha value is -3.31. The van der Waals surface area contributed by atoms with E-state index in [9.17, 15) is 14.3 Å². The van der Waals surface area contributed by atoms with Gasteiger partial charge in [0.15, 0.2) is 5.60 Å². The van der Waals surface area contributed by atoms with Crippen LogP contribution in [0.5, 0.6) is 0 Å². The van der Waals surface area contributed by atoms with Gasteiger partial charge in [-0.1, -0.05) is 72.8 Å². The Morgan fingerprint density at radius 3 is 1.85 bits per heavy atom. The van der Waals surface area contributed by atoms with E-state index in [4.69, 9.17) is 0 Å². The molecular weight excluding hydrogens is 343 g/mol. The standard InChI is InChI=1S/C22H19FN2O2/c1-16(17-12-14-20(23)15-13-17)24-25-21(26)22(27,18-8-4-2-5-9-18)19-10-6-3-7-11-19/h2-15,27H,1H3,(H,25,26)/b24-16-. The smallest absolute Gasteiger partial charge is 0.281 e. The van der Waals surface area contributed by atoms with Crippen LogP contribution in [-0.4, -0.2) is 16.7 Å². The fourth-order valence-corrected chi connectivity index (χ4v) is 2.76. The zero-order chi connectivity index (χ0) is 19.3. The van der Waals surface area contributed by atoms with Crippen LogP contribution in [0.25, 0.3) is 0 Å². The lowest BCUT2D eigenvalue weighted by molar-refractivity contribution is -0.136. The van der Waals surface area contributed by atoms with Gasteiger partial charge in [0.2, 0.25) is 0 Å². The highest BCUT2D eigenvalue weighted by Gasteiger charge is 2.39. The van der Waals surface area contributed by atoms with E-state index >= 15 is 0 Å². The zero-order valence-corrected chi connectivity index (χ0v) is 14.8. The fraction of sp³-hybridized carbons (Fsp3) is 0.0909. The van der Waals surface area contributed by atoms with Gasteiger partial charge in [-0.25, -0.2) is 9.82 Å². The molecule has 4 nitrogen and oxygen atoms in total. The normalized spacial score (nSPS) is 11.9. The molecule has 0 aliphatic rings. The Balaban J connectivity index is 1.92. The lowest BCUT2D eigenvalue weighted by Crippen LogP contribution is -2.43. The van der Waals surface area contributed by atoms with E-state index in [1.165, 1.54) is 12.1 Å². The van der Waals surface area contributed by atoms with E-state index in [0.717, 1.165) is 0 Å². The monoisotopic (exact) mass is 362 g/mol. The molecule has 0 saturated carbocycles. The molecule has 0 aliphatic carbocycles. The maximum atomic E-state index is 13.1. The quantitative estimate of drug-likeness (QED) is 0.538. The number of carbonyl (C=O) groups is 1. The van der Waals surface area contributed by atoms with Gasteiger partial charge in [-0.05, 0) is 35.7 Å². The van der Waals surface area contributed by atoms with Crippen molar-refractivity contribution in [1.29, 1.82) is 0 Å². The molecule has 3 rings (SSSR count). The largest absolute Gasteiger partial charge is 0.372 e. The van der Waals surface area contributed by atoms with Gasteiger partial charge in [0.05, 0.1) is 5.71 Å². The summed E-state index contributed by atoms with van der Waals surface area (Å²) < 4.78 is 13.1. The zero-order valence-electron chi connectivity index (χ0n) is 14.8. The molecule has 5 heteroatoms. The summed E-state index contributed by atoms with van der Waals surface area (Å²) in [6.07, 6.45) is 0. The Morgan fingerprint density at radius 2 is 1.37 bits per heavy atom. The number of halogens is 1. The highest BCUT2D eigenvalue weighted by atomic mass is 19.1. The first kappa shape index (κ1) is 18.5. The lowest BCUT2D eigenvalue weighted by atomic mass is 9.85. The first-order chi connectivity index (χ1) is 13.0. The van der Waals surface area contributed by atoms with Crippen LogP contribution in [0.3, 0.4) is 0 Å². The number of hydrazone groups is 1. The summed E-state index contributed by atoms with van der Waals surface area (Å²) in [6, 6.07) is 23.1. The number of benzene rings is 3. The molecule has 0 aliphatic heterocycles. The Bertz CT molecular complexity index is 900. The van der Waals surface area contributed by atoms with Gasteiger partial charge in [0.1, 0.15) is 5.82 Å². The third-order valence-corrected chi connectivity index (χ3v) is 4.30. The van der Waals surface area contributed by atoms with Gasteiger partial charge in [0, 0.05) is 0 Å².